The Balaban J connectivity index is 2.71. The minimum Gasteiger partial charge on any atom is -0.465 e. The van der Waals surface area contributed by atoms with Crippen molar-refractivity contribution in [3.8, 4) is 0 Å². The lowest BCUT2D eigenvalue weighted by Gasteiger charge is -2.11. The average Bonchev–Trinajstić information content (AvgIpc) is 2.04. The van der Waals surface area contributed by atoms with Gasteiger partial charge in [-0.25, -0.2) is 4.79 Å². The maximum absolute atomic E-state index is 10.3. The summed E-state index contributed by atoms with van der Waals surface area (Å²) < 4.78 is 0.985. The van der Waals surface area contributed by atoms with Crippen molar-refractivity contribution in [2.75, 3.05) is 0 Å². The number of amides is 1. The Morgan fingerprint density at radius 2 is 2.00 bits per heavy atom. The van der Waals surface area contributed by atoms with E-state index in [2.05, 4.69) is 21.2 Å². The van der Waals surface area contributed by atoms with Crippen LogP contribution in [0.15, 0.2) is 28.7 Å². The zero-order chi connectivity index (χ0) is 9.84. The molecule has 1 aromatic rings. The number of rotatable bonds is 2. The Morgan fingerprint density at radius 3 is 2.46 bits per heavy atom. The molecule has 0 saturated heterocycles. The van der Waals surface area contributed by atoms with Crippen molar-refractivity contribution in [3.05, 3.63) is 34.3 Å². The maximum atomic E-state index is 10.3. The van der Waals surface area contributed by atoms with E-state index < -0.39 is 6.09 Å². The van der Waals surface area contributed by atoms with Crippen molar-refractivity contribution in [2.45, 2.75) is 13.0 Å². The normalized spacial score (nSPS) is 12.2. The van der Waals surface area contributed by atoms with Crippen LogP contribution in [0.5, 0.6) is 0 Å². The van der Waals surface area contributed by atoms with Crippen LogP contribution in [0, 0.1) is 0 Å². The first-order valence-electron chi connectivity index (χ1n) is 3.84. The minimum absolute atomic E-state index is 0.175. The van der Waals surface area contributed by atoms with Crippen LogP contribution in [-0.4, -0.2) is 11.2 Å². The van der Waals surface area contributed by atoms with E-state index in [-0.39, 0.29) is 6.04 Å². The highest BCUT2D eigenvalue weighted by atomic mass is 79.9. The van der Waals surface area contributed by atoms with E-state index in [1.807, 2.05) is 24.3 Å². The molecule has 4 heteroatoms. The number of hydrogen-bond acceptors (Lipinski definition) is 1. The SMILES string of the molecule is C[C@@H](NC(=O)O)c1ccc(Br)cc1. The highest BCUT2D eigenvalue weighted by Crippen LogP contribution is 2.16. The second kappa shape index (κ2) is 4.28. The lowest BCUT2D eigenvalue weighted by molar-refractivity contribution is 0.191. The quantitative estimate of drug-likeness (QED) is 0.840. The molecule has 1 atom stereocenters. The molecule has 0 aliphatic heterocycles. The summed E-state index contributed by atoms with van der Waals surface area (Å²) in [7, 11) is 0. The number of carbonyl (C=O) groups is 1. The summed E-state index contributed by atoms with van der Waals surface area (Å²) in [4.78, 5) is 10.3. The third kappa shape index (κ3) is 3.06. The second-order valence-corrected chi connectivity index (χ2v) is 3.64. The number of hydrogen-bond donors (Lipinski definition) is 2. The Kier molecular flexibility index (Phi) is 3.31. The Hall–Kier alpha value is -1.03. The first kappa shape index (κ1) is 10.1. The molecule has 70 valence electrons. The molecule has 13 heavy (non-hydrogen) atoms. The monoisotopic (exact) mass is 243 g/mol. The van der Waals surface area contributed by atoms with E-state index in [1.165, 1.54) is 0 Å². The number of halogens is 1. The Bertz CT molecular complexity index is 297. The molecule has 0 unspecified atom stereocenters. The molecule has 0 heterocycles. The second-order valence-electron chi connectivity index (χ2n) is 2.72. The predicted octanol–water partition coefficient (Wildman–Crippen LogP) is 2.78. The summed E-state index contributed by atoms with van der Waals surface area (Å²) in [6.45, 7) is 1.80. The first-order chi connectivity index (χ1) is 6.09. The smallest absolute Gasteiger partial charge is 0.405 e. The van der Waals surface area contributed by atoms with E-state index in [0.29, 0.717) is 0 Å². The van der Waals surface area contributed by atoms with E-state index in [0.717, 1.165) is 10.0 Å². The van der Waals surface area contributed by atoms with Crippen LogP contribution in [0.4, 0.5) is 4.79 Å². The van der Waals surface area contributed by atoms with Crippen LogP contribution < -0.4 is 5.32 Å². The topological polar surface area (TPSA) is 49.3 Å². The average molecular weight is 244 g/mol. The first-order valence-corrected chi connectivity index (χ1v) is 4.64. The van der Waals surface area contributed by atoms with E-state index in [1.54, 1.807) is 6.92 Å². The largest absolute Gasteiger partial charge is 0.465 e. The maximum Gasteiger partial charge on any atom is 0.405 e. The summed E-state index contributed by atoms with van der Waals surface area (Å²) in [5.74, 6) is 0. The van der Waals surface area contributed by atoms with Gasteiger partial charge in [0.25, 0.3) is 0 Å². The van der Waals surface area contributed by atoms with Crippen LogP contribution >= 0.6 is 15.9 Å². The van der Waals surface area contributed by atoms with Gasteiger partial charge in [-0.2, -0.15) is 0 Å². The van der Waals surface area contributed by atoms with Crippen LogP contribution in [0.1, 0.15) is 18.5 Å². The molecule has 0 aliphatic rings. The van der Waals surface area contributed by atoms with Gasteiger partial charge in [0.2, 0.25) is 0 Å². The predicted molar refractivity (Wildman–Crippen MR) is 53.7 cm³/mol. The van der Waals surface area contributed by atoms with E-state index >= 15 is 0 Å². The lowest BCUT2D eigenvalue weighted by atomic mass is 10.1. The molecule has 0 spiro atoms. The molecule has 0 aromatic heterocycles. The van der Waals surface area contributed by atoms with Gasteiger partial charge in [-0.1, -0.05) is 28.1 Å². The Morgan fingerprint density at radius 1 is 1.46 bits per heavy atom. The molecule has 0 fully saturated rings. The summed E-state index contributed by atoms with van der Waals surface area (Å²) in [6, 6.07) is 7.35. The summed E-state index contributed by atoms with van der Waals surface area (Å²) >= 11 is 3.31. The third-order valence-corrected chi connectivity index (χ3v) is 2.24. The molecule has 0 radical (unpaired) electrons. The number of carboxylic acid groups (broad SMARTS) is 1. The highest BCUT2D eigenvalue weighted by Gasteiger charge is 2.06. The zero-order valence-corrected chi connectivity index (χ0v) is 8.71. The molecule has 0 bridgehead atoms. The number of nitrogens with one attached hydrogen (secondary N) is 1. The van der Waals surface area contributed by atoms with Crippen LogP contribution in [0.25, 0.3) is 0 Å². The summed E-state index contributed by atoms with van der Waals surface area (Å²) in [6.07, 6.45) is -1.00. The third-order valence-electron chi connectivity index (χ3n) is 1.71. The molecule has 0 saturated carbocycles. The van der Waals surface area contributed by atoms with Crippen LogP contribution in [-0.2, 0) is 0 Å². The van der Waals surface area contributed by atoms with Crippen molar-refractivity contribution >= 4 is 22.0 Å². The van der Waals surface area contributed by atoms with Crippen molar-refractivity contribution in [1.82, 2.24) is 5.32 Å². The van der Waals surface area contributed by atoms with Gasteiger partial charge in [0.1, 0.15) is 0 Å². The van der Waals surface area contributed by atoms with Gasteiger partial charge in [0, 0.05) is 4.47 Å². The minimum atomic E-state index is -1.00. The van der Waals surface area contributed by atoms with Crippen molar-refractivity contribution in [1.29, 1.82) is 0 Å². The molecular formula is C9H10BrNO2. The van der Waals surface area contributed by atoms with Crippen LogP contribution in [0.2, 0.25) is 0 Å². The summed E-state index contributed by atoms with van der Waals surface area (Å²) in [5.41, 5.74) is 0.950. The van der Waals surface area contributed by atoms with Crippen LogP contribution in [0.3, 0.4) is 0 Å². The fourth-order valence-electron chi connectivity index (χ4n) is 1.02. The van der Waals surface area contributed by atoms with Gasteiger partial charge in [0.15, 0.2) is 0 Å². The van der Waals surface area contributed by atoms with Crippen molar-refractivity contribution < 1.29 is 9.90 Å². The van der Waals surface area contributed by atoms with E-state index in [4.69, 9.17) is 5.11 Å². The van der Waals surface area contributed by atoms with Gasteiger partial charge in [-0.05, 0) is 24.6 Å². The van der Waals surface area contributed by atoms with Gasteiger partial charge >= 0.3 is 6.09 Å². The molecule has 1 rings (SSSR count). The van der Waals surface area contributed by atoms with Gasteiger partial charge in [-0.3, -0.25) is 0 Å². The van der Waals surface area contributed by atoms with Gasteiger partial charge < -0.3 is 10.4 Å². The highest BCUT2D eigenvalue weighted by molar-refractivity contribution is 9.10. The Labute approximate surface area is 84.9 Å². The standard InChI is InChI=1S/C9H10BrNO2/c1-6(11-9(12)13)7-2-4-8(10)5-3-7/h2-6,11H,1H3,(H,12,13)/t6-/m1/s1. The molecular weight excluding hydrogens is 234 g/mol. The fraction of sp³-hybridized carbons (Fsp3) is 0.222. The van der Waals surface area contributed by atoms with Crippen molar-refractivity contribution in [3.63, 3.8) is 0 Å². The van der Waals surface area contributed by atoms with Gasteiger partial charge in [0.05, 0.1) is 6.04 Å². The fourth-order valence-corrected chi connectivity index (χ4v) is 1.28. The lowest BCUT2D eigenvalue weighted by Crippen LogP contribution is -2.24. The molecule has 1 amide bonds. The zero-order valence-electron chi connectivity index (χ0n) is 7.12. The summed E-state index contributed by atoms with van der Waals surface area (Å²) in [5, 5.41) is 10.9. The van der Waals surface area contributed by atoms with E-state index in [9.17, 15) is 4.79 Å². The number of benzene rings is 1. The molecule has 2 N–H and O–H groups in total. The van der Waals surface area contributed by atoms with Crippen molar-refractivity contribution in [2.24, 2.45) is 0 Å². The molecule has 3 nitrogen and oxygen atoms in total. The molecule has 0 aliphatic carbocycles. The molecule has 1 aromatic carbocycles. The van der Waals surface area contributed by atoms with Gasteiger partial charge in [-0.15, -0.1) is 0 Å².